The third-order valence-corrected chi connectivity index (χ3v) is 6.43. The summed E-state index contributed by atoms with van der Waals surface area (Å²) >= 11 is 5.21. The van der Waals surface area contributed by atoms with Crippen LogP contribution >= 0.6 is 35.3 Å². The minimum atomic E-state index is -0.273. The average molecular weight is 403 g/mol. The molecule has 0 atom stereocenters. The van der Waals surface area contributed by atoms with Crippen molar-refractivity contribution in [2.24, 2.45) is 9.98 Å². The standard InChI is InChI=1S/C21H26N2S3/c1-15(22-16(2)24-5)23-21(3,4)26-19-13-12-18(14-20(19)25-6)17-10-8-7-9-11-17/h7-14H,1-6H3/b22-16+,23-15-. The molecule has 0 saturated heterocycles. The fraction of sp³-hybridized carbons (Fsp3) is 0.333. The predicted octanol–water partition coefficient (Wildman–Crippen LogP) is 7.10. The molecule has 5 heteroatoms. The van der Waals surface area contributed by atoms with Crippen LogP contribution in [0.2, 0.25) is 0 Å². The van der Waals surface area contributed by atoms with Crippen molar-refractivity contribution >= 4 is 46.2 Å². The summed E-state index contributed by atoms with van der Waals surface area (Å²) in [7, 11) is 0. The molecule has 2 aromatic rings. The van der Waals surface area contributed by atoms with Crippen LogP contribution in [0.3, 0.4) is 0 Å². The zero-order valence-corrected chi connectivity index (χ0v) is 18.7. The zero-order chi connectivity index (χ0) is 19.2. The Labute approximate surface area is 170 Å². The van der Waals surface area contributed by atoms with Gasteiger partial charge in [-0.1, -0.05) is 48.2 Å². The molecule has 0 aromatic heterocycles. The van der Waals surface area contributed by atoms with Gasteiger partial charge in [0.25, 0.3) is 0 Å². The van der Waals surface area contributed by atoms with Gasteiger partial charge in [0.15, 0.2) is 0 Å². The van der Waals surface area contributed by atoms with Crippen LogP contribution in [0.5, 0.6) is 0 Å². The molecule has 2 aromatic carbocycles. The molecule has 0 N–H and O–H groups in total. The molecule has 2 nitrogen and oxygen atoms in total. The van der Waals surface area contributed by atoms with Crippen molar-refractivity contribution < 1.29 is 0 Å². The Morgan fingerprint density at radius 1 is 0.885 bits per heavy atom. The molecule has 0 fully saturated rings. The maximum absolute atomic E-state index is 4.82. The molecule has 0 radical (unpaired) electrons. The van der Waals surface area contributed by atoms with Gasteiger partial charge in [-0.15, -0.1) is 23.5 Å². The van der Waals surface area contributed by atoms with E-state index in [1.54, 1.807) is 35.3 Å². The largest absolute Gasteiger partial charge is 0.253 e. The van der Waals surface area contributed by atoms with Crippen molar-refractivity contribution in [3.05, 3.63) is 48.5 Å². The molecule has 0 unspecified atom stereocenters. The van der Waals surface area contributed by atoms with E-state index >= 15 is 0 Å². The predicted molar refractivity (Wildman–Crippen MR) is 123 cm³/mol. The van der Waals surface area contributed by atoms with Gasteiger partial charge < -0.3 is 0 Å². The SMILES string of the molecule is CS/C(C)=N/C(C)=N\C(C)(C)Sc1ccc(-c2ccccc2)cc1SC. The van der Waals surface area contributed by atoms with Gasteiger partial charge in [0.2, 0.25) is 0 Å². The zero-order valence-electron chi connectivity index (χ0n) is 16.2. The first-order valence-corrected chi connectivity index (χ1v) is 11.7. The highest BCUT2D eigenvalue weighted by atomic mass is 32.2. The van der Waals surface area contributed by atoms with Crippen LogP contribution in [0.15, 0.2) is 68.3 Å². The Bertz CT molecular complexity index is 796. The first kappa shape index (κ1) is 21.1. The normalized spacial score (nSPS) is 13.2. The maximum atomic E-state index is 4.82. The quantitative estimate of drug-likeness (QED) is 0.303. The summed E-state index contributed by atoms with van der Waals surface area (Å²) in [5.74, 6) is 0.820. The van der Waals surface area contributed by atoms with E-state index < -0.39 is 0 Å². The maximum Gasteiger partial charge on any atom is 0.122 e. The van der Waals surface area contributed by atoms with Gasteiger partial charge in [0.05, 0.1) is 5.04 Å². The van der Waals surface area contributed by atoms with Crippen molar-refractivity contribution in [3.8, 4) is 11.1 Å². The summed E-state index contributed by atoms with van der Waals surface area (Å²) in [5, 5.41) is 1.03. The van der Waals surface area contributed by atoms with Gasteiger partial charge in [0.1, 0.15) is 10.7 Å². The van der Waals surface area contributed by atoms with E-state index in [2.05, 4.69) is 67.6 Å². The second-order valence-electron chi connectivity index (χ2n) is 6.27. The number of nitrogens with zero attached hydrogens (tertiary/aromatic N) is 2. The van der Waals surface area contributed by atoms with Gasteiger partial charge >= 0.3 is 0 Å². The summed E-state index contributed by atoms with van der Waals surface area (Å²) in [4.78, 5) is 11.6. The number of hydrogen-bond donors (Lipinski definition) is 0. The third-order valence-electron chi connectivity index (χ3n) is 3.68. The van der Waals surface area contributed by atoms with Crippen LogP contribution in [0, 0.1) is 0 Å². The second kappa shape index (κ2) is 9.67. The van der Waals surface area contributed by atoms with E-state index in [0.717, 1.165) is 10.9 Å². The van der Waals surface area contributed by atoms with Gasteiger partial charge in [-0.25, -0.2) is 4.99 Å². The van der Waals surface area contributed by atoms with E-state index in [9.17, 15) is 0 Å². The summed E-state index contributed by atoms with van der Waals surface area (Å²) in [6.07, 6.45) is 4.16. The molecular weight excluding hydrogens is 376 g/mol. The number of benzene rings is 2. The van der Waals surface area contributed by atoms with E-state index in [1.165, 1.54) is 20.9 Å². The van der Waals surface area contributed by atoms with Crippen molar-refractivity contribution in [1.82, 2.24) is 0 Å². The lowest BCUT2D eigenvalue weighted by Crippen LogP contribution is -2.13. The van der Waals surface area contributed by atoms with Crippen LogP contribution in [0.4, 0.5) is 0 Å². The van der Waals surface area contributed by atoms with Crippen molar-refractivity contribution in [1.29, 1.82) is 0 Å². The van der Waals surface area contributed by atoms with E-state index in [1.807, 2.05) is 26.2 Å². The smallest absolute Gasteiger partial charge is 0.122 e. The van der Waals surface area contributed by atoms with Crippen molar-refractivity contribution in [2.75, 3.05) is 12.5 Å². The summed E-state index contributed by atoms with van der Waals surface area (Å²) in [6.45, 7) is 8.26. The fourth-order valence-electron chi connectivity index (χ4n) is 2.54. The molecule has 26 heavy (non-hydrogen) atoms. The van der Waals surface area contributed by atoms with Crippen LogP contribution in [-0.2, 0) is 0 Å². The first-order chi connectivity index (χ1) is 12.3. The first-order valence-electron chi connectivity index (χ1n) is 8.43. The summed E-state index contributed by atoms with van der Waals surface area (Å²) in [6, 6.07) is 17.2. The minimum absolute atomic E-state index is 0.273. The molecule has 2 rings (SSSR count). The Morgan fingerprint density at radius 3 is 2.19 bits per heavy atom. The number of aliphatic imine (C=N–C) groups is 2. The number of thioether (sulfide) groups is 3. The Balaban J connectivity index is 2.27. The fourth-order valence-corrected chi connectivity index (χ4v) is 4.67. The van der Waals surface area contributed by atoms with Crippen LogP contribution in [0.25, 0.3) is 11.1 Å². The highest BCUT2D eigenvalue weighted by molar-refractivity contribution is 8.13. The number of rotatable bonds is 5. The lowest BCUT2D eigenvalue weighted by molar-refractivity contribution is 0.757. The highest BCUT2D eigenvalue weighted by Gasteiger charge is 2.20. The monoisotopic (exact) mass is 402 g/mol. The van der Waals surface area contributed by atoms with Crippen LogP contribution < -0.4 is 0 Å². The molecule has 0 bridgehead atoms. The number of hydrogen-bond acceptors (Lipinski definition) is 4. The Kier molecular flexibility index (Phi) is 7.86. The van der Waals surface area contributed by atoms with Crippen molar-refractivity contribution in [3.63, 3.8) is 0 Å². The number of amidine groups is 1. The third kappa shape index (κ3) is 6.22. The van der Waals surface area contributed by atoms with Gasteiger partial charge in [-0.3, -0.25) is 4.99 Å². The molecular formula is C21H26N2S3. The van der Waals surface area contributed by atoms with E-state index in [4.69, 9.17) is 4.99 Å². The van der Waals surface area contributed by atoms with Gasteiger partial charge in [-0.05, 0) is 63.5 Å². The lowest BCUT2D eigenvalue weighted by atomic mass is 10.1. The average Bonchev–Trinajstić information content (AvgIpc) is 2.61. The topological polar surface area (TPSA) is 24.7 Å². The van der Waals surface area contributed by atoms with Gasteiger partial charge in [0, 0.05) is 9.79 Å². The lowest BCUT2D eigenvalue weighted by Gasteiger charge is -2.21. The molecule has 0 heterocycles. The summed E-state index contributed by atoms with van der Waals surface area (Å²) in [5.41, 5.74) is 2.49. The summed E-state index contributed by atoms with van der Waals surface area (Å²) < 4.78 is 0. The molecule has 138 valence electrons. The molecule has 0 saturated carbocycles. The van der Waals surface area contributed by atoms with Crippen LogP contribution in [-0.4, -0.2) is 28.3 Å². The Hall–Kier alpha value is -1.17. The van der Waals surface area contributed by atoms with E-state index in [-0.39, 0.29) is 4.87 Å². The van der Waals surface area contributed by atoms with Crippen molar-refractivity contribution in [2.45, 2.75) is 42.4 Å². The van der Waals surface area contributed by atoms with Crippen LogP contribution in [0.1, 0.15) is 27.7 Å². The molecule has 0 amide bonds. The molecule has 0 spiro atoms. The Morgan fingerprint density at radius 2 is 1.58 bits per heavy atom. The highest BCUT2D eigenvalue weighted by Crippen LogP contribution is 2.40. The second-order valence-corrected chi connectivity index (χ2v) is 9.76. The molecule has 0 aliphatic rings. The van der Waals surface area contributed by atoms with E-state index in [0.29, 0.717) is 0 Å². The van der Waals surface area contributed by atoms with Gasteiger partial charge in [-0.2, -0.15) is 0 Å². The molecule has 0 aliphatic heterocycles. The molecule has 0 aliphatic carbocycles. The minimum Gasteiger partial charge on any atom is -0.253 e.